The first kappa shape index (κ1) is 29.3. The van der Waals surface area contributed by atoms with Crippen LogP contribution in [0.5, 0.6) is 11.5 Å². The molecule has 2 heteroatoms. The molecule has 0 aliphatic carbocycles. The third kappa shape index (κ3) is 8.58. The molecule has 2 aromatic carbocycles. The lowest BCUT2D eigenvalue weighted by molar-refractivity contribution is 0.438. The van der Waals surface area contributed by atoms with E-state index in [0.717, 1.165) is 54.4 Å². The van der Waals surface area contributed by atoms with Gasteiger partial charge in [0.05, 0.1) is 0 Å². The fourth-order valence-electron chi connectivity index (χ4n) is 4.97. The van der Waals surface area contributed by atoms with Crippen molar-refractivity contribution in [3.63, 3.8) is 0 Å². The number of aryl methyl sites for hydroxylation is 2. The molecule has 0 amide bonds. The molecular formula is C33H52O2. The van der Waals surface area contributed by atoms with E-state index >= 15 is 0 Å². The normalized spacial score (nSPS) is 12.3. The number of hydrogen-bond acceptors (Lipinski definition) is 2. The lowest BCUT2D eigenvalue weighted by Crippen LogP contribution is -2.14. The summed E-state index contributed by atoms with van der Waals surface area (Å²) in [4.78, 5) is 0. The van der Waals surface area contributed by atoms with Crippen molar-refractivity contribution in [1.29, 1.82) is 0 Å². The second-order valence-electron chi connectivity index (χ2n) is 12.6. The van der Waals surface area contributed by atoms with Crippen LogP contribution < -0.4 is 0 Å². The molecule has 35 heavy (non-hydrogen) atoms. The molecule has 0 bridgehead atoms. The highest BCUT2D eigenvalue weighted by atomic mass is 16.3. The van der Waals surface area contributed by atoms with E-state index in [4.69, 9.17) is 0 Å². The van der Waals surface area contributed by atoms with Gasteiger partial charge in [-0.2, -0.15) is 0 Å². The zero-order valence-electron chi connectivity index (χ0n) is 24.0. The van der Waals surface area contributed by atoms with Crippen molar-refractivity contribution in [3.8, 4) is 11.5 Å². The van der Waals surface area contributed by atoms with Crippen LogP contribution in [0.3, 0.4) is 0 Å². The Morgan fingerprint density at radius 2 is 0.914 bits per heavy atom. The predicted molar refractivity (Wildman–Crippen MR) is 152 cm³/mol. The minimum atomic E-state index is -0.117. The summed E-state index contributed by atoms with van der Waals surface area (Å²) in [6.45, 7) is 17.5. The van der Waals surface area contributed by atoms with Crippen LogP contribution in [0.4, 0.5) is 0 Å². The fraction of sp³-hybridized carbons (Fsp3) is 0.636. The monoisotopic (exact) mass is 480 g/mol. The van der Waals surface area contributed by atoms with E-state index in [0.29, 0.717) is 11.5 Å². The predicted octanol–water partition coefficient (Wildman–Crippen LogP) is 9.53. The number of benzene rings is 2. The number of unbranched alkanes of at least 4 members (excludes halogenated alkanes) is 6. The minimum absolute atomic E-state index is 0.117. The van der Waals surface area contributed by atoms with Crippen molar-refractivity contribution in [1.82, 2.24) is 0 Å². The average Bonchev–Trinajstić information content (AvgIpc) is 2.76. The van der Waals surface area contributed by atoms with E-state index in [1.165, 1.54) is 49.7 Å². The number of aromatic hydroxyl groups is 2. The summed E-state index contributed by atoms with van der Waals surface area (Å²) in [7, 11) is 0. The molecule has 0 fully saturated rings. The minimum Gasteiger partial charge on any atom is -0.507 e. The van der Waals surface area contributed by atoms with Gasteiger partial charge in [0.1, 0.15) is 11.5 Å². The maximum absolute atomic E-state index is 11.1. The Morgan fingerprint density at radius 3 is 1.23 bits per heavy atom. The van der Waals surface area contributed by atoms with E-state index in [-0.39, 0.29) is 10.8 Å². The van der Waals surface area contributed by atoms with Crippen molar-refractivity contribution in [2.75, 3.05) is 0 Å². The van der Waals surface area contributed by atoms with E-state index in [1.54, 1.807) is 0 Å². The number of phenols is 2. The van der Waals surface area contributed by atoms with Gasteiger partial charge in [-0.3, -0.25) is 0 Å². The Balaban J connectivity index is 2.45. The van der Waals surface area contributed by atoms with Crippen LogP contribution in [0.2, 0.25) is 0 Å². The van der Waals surface area contributed by atoms with Gasteiger partial charge in [0.25, 0.3) is 0 Å². The molecule has 0 spiro atoms. The summed E-state index contributed by atoms with van der Waals surface area (Å²) in [5.41, 5.74) is 6.51. The summed E-state index contributed by atoms with van der Waals surface area (Å²) >= 11 is 0. The first-order valence-electron chi connectivity index (χ1n) is 14.1. The van der Waals surface area contributed by atoms with Gasteiger partial charge in [-0.05, 0) is 76.3 Å². The topological polar surface area (TPSA) is 40.5 Å². The quantitative estimate of drug-likeness (QED) is 0.297. The van der Waals surface area contributed by atoms with Gasteiger partial charge in [0, 0.05) is 0 Å². The molecule has 0 aromatic heterocycles. The van der Waals surface area contributed by atoms with Gasteiger partial charge < -0.3 is 10.2 Å². The van der Waals surface area contributed by atoms with Crippen LogP contribution in [0.1, 0.15) is 140 Å². The van der Waals surface area contributed by atoms with Gasteiger partial charge in [0.15, 0.2) is 0 Å². The van der Waals surface area contributed by atoms with E-state index in [1.807, 2.05) is 0 Å². The van der Waals surface area contributed by atoms with Crippen molar-refractivity contribution < 1.29 is 10.2 Å². The molecular weight excluding hydrogens is 428 g/mol. The molecule has 196 valence electrons. The molecule has 2 aromatic rings. The summed E-state index contributed by atoms with van der Waals surface area (Å²) in [6, 6.07) is 8.85. The number of phenolic OH excluding ortho intramolecular Hbond substituents is 2. The molecule has 0 atom stereocenters. The van der Waals surface area contributed by atoms with Gasteiger partial charge in [0.2, 0.25) is 0 Å². The Morgan fingerprint density at radius 1 is 0.543 bits per heavy atom. The average molecular weight is 481 g/mol. The molecule has 0 heterocycles. The van der Waals surface area contributed by atoms with Crippen LogP contribution in [0.15, 0.2) is 24.3 Å². The van der Waals surface area contributed by atoms with Crippen LogP contribution in [-0.2, 0) is 30.1 Å². The standard InChI is InChI=1S/C33H52O2/c1-9-11-13-15-17-26-20-24(22-28(30(26)34)32(3,4)5)19-25-21-27(18-16-14-12-10-2)31(35)29(23-25)33(6,7)8/h20-23,34-35H,9-19H2,1-8H3. The smallest absolute Gasteiger partial charge is 0.122 e. The molecule has 0 aliphatic heterocycles. The molecule has 0 radical (unpaired) electrons. The molecule has 0 saturated heterocycles. The maximum atomic E-state index is 11.1. The third-order valence-corrected chi connectivity index (χ3v) is 7.12. The highest BCUT2D eigenvalue weighted by Crippen LogP contribution is 2.38. The van der Waals surface area contributed by atoms with Gasteiger partial charge in [-0.1, -0.05) is 118 Å². The van der Waals surface area contributed by atoms with Gasteiger partial charge in [-0.25, -0.2) is 0 Å². The number of rotatable bonds is 12. The molecule has 2 nitrogen and oxygen atoms in total. The Labute approximate surface area is 216 Å². The third-order valence-electron chi connectivity index (χ3n) is 7.12. The van der Waals surface area contributed by atoms with E-state index < -0.39 is 0 Å². The van der Waals surface area contributed by atoms with Crippen molar-refractivity contribution in [3.05, 3.63) is 57.6 Å². The van der Waals surface area contributed by atoms with E-state index in [9.17, 15) is 10.2 Å². The van der Waals surface area contributed by atoms with Gasteiger partial charge >= 0.3 is 0 Å². The highest BCUT2D eigenvalue weighted by Gasteiger charge is 2.23. The summed E-state index contributed by atoms with van der Waals surface area (Å²) in [5, 5.41) is 22.2. The van der Waals surface area contributed by atoms with Gasteiger partial charge in [-0.15, -0.1) is 0 Å². The lowest BCUT2D eigenvalue weighted by atomic mass is 9.81. The van der Waals surface area contributed by atoms with Crippen LogP contribution in [0, 0.1) is 0 Å². The SMILES string of the molecule is CCCCCCc1cc(Cc2cc(CCCCCC)c(O)c(C(C)(C)C)c2)cc(C(C)(C)C)c1O. The first-order valence-corrected chi connectivity index (χ1v) is 14.1. The molecule has 2 rings (SSSR count). The summed E-state index contributed by atoms with van der Waals surface area (Å²) in [5.74, 6) is 0.964. The second kappa shape index (κ2) is 12.8. The Kier molecular flexibility index (Phi) is 10.7. The fourth-order valence-corrected chi connectivity index (χ4v) is 4.97. The lowest BCUT2D eigenvalue weighted by Gasteiger charge is -2.25. The maximum Gasteiger partial charge on any atom is 0.122 e. The molecule has 0 saturated carbocycles. The molecule has 2 N–H and O–H groups in total. The second-order valence-corrected chi connectivity index (χ2v) is 12.6. The highest BCUT2D eigenvalue weighted by molar-refractivity contribution is 5.51. The first-order chi connectivity index (χ1) is 16.4. The van der Waals surface area contributed by atoms with Crippen molar-refractivity contribution in [2.24, 2.45) is 0 Å². The summed E-state index contributed by atoms with van der Waals surface area (Å²) in [6.07, 6.45) is 12.2. The Hall–Kier alpha value is -1.96. The Bertz CT molecular complexity index is 864. The van der Waals surface area contributed by atoms with Crippen LogP contribution in [0.25, 0.3) is 0 Å². The van der Waals surface area contributed by atoms with E-state index in [2.05, 4.69) is 79.7 Å². The van der Waals surface area contributed by atoms with Crippen LogP contribution in [-0.4, -0.2) is 10.2 Å². The molecule has 0 aliphatic rings. The number of hydrogen-bond donors (Lipinski definition) is 2. The van der Waals surface area contributed by atoms with Crippen LogP contribution >= 0.6 is 0 Å². The largest absolute Gasteiger partial charge is 0.507 e. The summed E-state index contributed by atoms with van der Waals surface area (Å²) < 4.78 is 0. The zero-order chi connectivity index (χ0) is 26.2. The molecule has 0 unspecified atom stereocenters. The van der Waals surface area contributed by atoms with Crippen molar-refractivity contribution >= 4 is 0 Å². The van der Waals surface area contributed by atoms with Crippen molar-refractivity contribution in [2.45, 2.75) is 137 Å². The zero-order valence-corrected chi connectivity index (χ0v) is 24.0.